The van der Waals surface area contributed by atoms with Crippen LogP contribution in [0.1, 0.15) is 55.0 Å². The lowest BCUT2D eigenvalue weighted by Gasteiger charge is -2.45. The van der Waals surface area contributed by atoms with Gasteiger partial charge in [-0.2, -0.15) is 0 Å². The molecule has 92 heavy (non-hydrogen) atoms. The molecule has 2 aromatic heterocycles. The summed E-state index contributed by atoms with van der Waals surface area (Å²) < 4.78 is 13.6. The molecule has 1 aliphatic heterocycles. The molecule has 4 aliphatic rings. The Morgan fingerprint density at radius 1 is 0.370 bits per heavy atom. The lowest BCUT2D eigenvalue weighted by atomic mass is 9.65. The van der Waals surface area contributed by atoms with Crippen molar-refractivity contribution in [3.8, 4) is 44.5 Å². The number of nitrogens with zero attached hydrogens (tertiary/aromatic N) is 2. The van der Waals surface area contributed by atoms with Crippen molar-refractivity contribution in [2.24, 2.45) is 5.92 Å². The molecule has 3 aliphatic carbocycles. The smallest absolute Gasteiger partial charge is 0.143 e. The van der Waals surface area contributed by atoms with Crippen molar-refractivity contribution in [2.45, 2.75) is 42.9 Å². The summed E-state index contributed by atoms with van der Waals surface area (Å²) >= 11 is 1.96. The Morgan fingerprint density at radius 3 is 1.71 bits per heavy atom. The number of hydrogen-bond donors (Lipinski definition) is 0. The number of hydrogen-bond acceptors (Lipinski definition) is 5. The lowest BCUT2D eigenvalue weighted by molar-refractivity contribution is 0.628. The van der Waals surface area contributed by atoms with Gasteiger partial charge in [-0.05, 0) is 179 Å². The normalized spacial score (nSPS) is 15.6. The Balaban J connectivity index is 0.820. The van der Waals surface area contributed by atoms with E-state index < -0.39 is 5.41 Å². The Hall–Kier alpha value is -10.9. The topological polar surface area (TPSA) is 32.8 Å². The summed E-state index contributed by atoms with van der Waals surface area (Å²) in [6.45, 7) is 7.14. The van der Waals surface area contributed by atoms with Gasteiger partial charge in [0, 0.05) is 83.5 Å². The molecular formula is C87H60N2O2S. The van der Waals surface area contributed by atoms with Crippen LogP contribution in [0.4, 0.5) is 28.4 Å². The largest absolute Gasteiger partial charge is 0.456 e. The number of allylic oxidation sites excluding steroid dienone is 4. The molecule has 13 aromatic carbocycles. The van der Waals surface area contributed by atoms with Gasteiger partial charge in [0.15, 0.2) is 0 Å². The fourth-order valence-electron chi connectivity index (χ4n) is 16.3. The highest BCUT2D eigenvalue weighted by atomic mass is 32.2. The molecule has 0 fully saturated rings. The first kappa shape index (κ1) is 53.0. The van der Waals surface area contributed by atoms with Gasteiger partial charge in [0.2, 0.25) is 0 Å². The highest BCUT2D eigenvalue weighted by Gasteiger charge is 2.52. The molecule has 3 heterocycles. The predicted octanol–water partition coefficient (Wildman–Crippen LogP) is 24.2. The van der Waals surface area contributed by atoms with E-state index in [1.165, 1.54) is 93.0 Å². The van der Waals surface area contributed by atoms with Crippen molar-refractivity contribution in [2.75, 3.05) is 9.80 Å². The third-order valence-corrected chi connectivity index (χ3v) is 21.7. The molecule has 0 N–H and O–H groups in total. The van der Waals surface area contributed by atoms with Crippen molar-refractivity contribution < 1.29 is 8.83 Å². The van der Waals surface area contributed by atoms with Crippen molar-refractivity contribution in [3.63, 3.8) is 0 Å². The summed E-state index contributed by atoms with van der Waals surface area (Å²) in [6, 6.07) is 106. The van der Waals surface area contributed by atoms with Crippen LogP contribution < -0.4 is 9.80 Å². The van der Waals surface area contributed by atoms with E-state index >= 15 is 0 Å². The monoisotopic (exact) mass is 1200 g/mol. The van der Waals surface area contributed by atoms with E-state index in [1.54, 1.807) is 0 Å². The lowest BCUT2D eigenvalue weighted by Crippen LogP contribution is -2.36. The molecule has 0 saturated carbocycles. The second-order valence-electron chi connectivity index (χ2n) is 25.9. The number of para-hydroxylation sites is 3. The quantitative estimate of drug-likeness (QED) is 0.151. The number of rotatable bonds is 8. The zero-order valence-electron chi connectivity index (χ0n) is 51.1. The molecule has 436 valence electrons. The molecule has 1 atom stereocenters. The molecule has 0 saturated heterocycles. The molecule has 19 rings (SSSR count). The molecule has 1 unspecified atom stereocenters. The van der Waals surface area contributed by atoms with Gasteiger partial charge in [0.25, 0.3) is 0 Å². The zero-order chi connectivity index (χ0) is 61.0. The second kappa shape index (κ2) is 20.1. The van der Waals surface area contributed by atoms with Crippen LogP contribution in [0, 0.1) is 5.92 Å². The molecule has 5 heteroatoms. The summed E-state index contributed by atoms with van der Waals surface area (Å²) in [5, 5.41) is 6.77. The van der Waals surface area contributed by atoms with Gasteiger partial charge < -0.3 is 18.6 Å². The van der Waals surface area contributed by atoms with Gasteiger partial charge in [0.05, 0.1) is 5.41 Å². The maximum Gasteiger partial charge on any atom is 0.143 e. The van der Waals surface area contributed by atoms with E-state index in [4.69, 9.17) is 8.83 Å². The number of fused-ring (bicyclic) bond motifs is 18. The molecular weight excluding hydrogens is 1140 g/mol. The van der Waals surface area contributed by atoms with E-state index in [1.807, 2.05) is 17.8 Å². The maximum absolute atomic E-state index is 6.97. The van der Waals surface area contributed by atoms with E-state index in [0.717, 1.165) is 89.9 Å². The van der Waals surface area contributed by atoms with Crippen LogP contribution in [0.2, 0.25) is 0 Å². The van der Waals surface area contributed by atoms with Gasteiger partial charge in [-0.15, -0.1) is 0 Å². The SMILES string of the molecule is CC1CC2=C(C=C1N(c1ccccc1)c1ccc3c(c1)oc1ccccc13)C1(c3ccc(N(c4ccc(-c5ccc6c(c5)C(C)(C)c5ccccc5-6)cc4)c4cc(-c5cccc6ccccc56)c5oc6ccccc6c5c4)cc3S2)c2ccccc2-c2ccccc21. The summed E-state index contributed by atoms with van der Waals surface area (Å²) in [7, 11) is 0. The van der Waals surface area contributed by atoms with E-state index in [0.29, 0.717) is 0 Å². The first-order valence-corrected chi connectivity index (χ1v) is 32.9. The molecule has 0 bridgehead atoms. The average Bonchev–Trinajstić information content (AvgIpc) is 1.42. The number of benzene rings is 13. The van der Waals surface area contributed by atoms with Crippen LogP contribution in [-0.4, -0.2) is 0 Å². The van der Waals surface area contributed by atoms with Gasteiger partial charge in [0.1, 0.15) is 22.3 Å². The minimum Gasteiger partial charge on any atom is -0.456 e. The first-order chi connectivity index (χ1) is 45.3. The summed E-state index contributed by atoms with van der Waals surface area (Å²) in [4.78, 5) is 7.62. The highest BCUT2D eigenvalue weighted by molar-refractivity contribution is 8.03. The van der Waals surface area contributed by atoms with Crippen LogP contribution in [0.25, 0.3) is 99.2 Å². The summed E-state index contributed by atoms with van der Waals surface area (Å²) in [6.07, 6.45) is 3.43. The number of anilines is 5. The van der Waals surface area contributed by atoms with Crippen LogP contribution in [-0.2, 0) is 10.8 Å². The Kier molecular flexibility index (Phi) is 11.6. The molecule has 4 nitrogen and oxygen atoms in total. The van der Waals surface area contributed by atoms with Crippen LogP contribution >= 0.6 is 11.8 Å². The van der Waals surface area contributed by atoms with Gasteiger partial charge in [-0.1, -0.05) is 233 Å². The van der Waals surface area contributed by atoms with E-state index in [-0.39, 0.29) is 11.3 Å². The summed E-state index contributed by atoms with van der Waals surface area (Å²) in [5.41, 5.74) is 27.2. The standard InChI is InChI=1S/C87H60N2O2S/c1-53-46-83-78(52-79(53)89(57-22-5-4-6-23-57)59-41-44-70-68-28-12-17-34-80(68)90-82(70)50-59)87(74-32-15-10-26-65(74)66-27-11-16-33-75(66)87)76-45-42-60(51-84(76)92-83)88(58-39-36-54(37-40-58)56-38-43-67-64-25-9-14-31-73(64)86(2,3)77(67)47-56)61-48-71(63-30-19-21-55-20-7-8-24-62(55)63)85-72(49-61)69-29-13-18-35-81(69)91-85/h4-45,47-53H,46H2,1-3H3. The van der Waals surface area contributed by atoms with Crippen molar-refractivity contribution in [1.29, 1.82) is 0 Å². The van der Waals surface area contributed by atoms with Gasteiger partial charge in [-0.25, -0.2) is 0 Å². The molecule has 0 radical (unpaired) electrons. The van der Waals surface area contributed by atoms with Gasteiger partial charge in [-0.3, -0.25) is 0 Å². The fourth-order valence-corrected chi connectivity index (χ4v) is 17.7. The number of furan rings is 2. The molecule has 0 amide bonds. The average molecular weight is 1200 g/mol. The Labute approximate surface area is 538 Å². The van der Waals surface area contributed by atoms with Crippen LogP contribution in [0.5, 0.6) is 0 Å². The van der Waals surface area contributed by atoms with Crippen molar-refractivity contribution in [3.05, 3.63) is 335 Å². The molecule has 1 spiro atoms. The molecule has 15 aromatic rings. The highest BCUT2D eigenvalue weighted by Crippen LogP contribution is 2.65. The van der Waals surface area contributed by atoms with Crippen LogP contribution in [0.3, 0.4) is 0 Å². The van der Waals surface area contributed by atoms with E-state index in [2.05, 4.69) is 316 Å². The minimum absolute atomic E-state index is 0.109. The van der Waals surface area contributed by atoms with Crippen molar-refractivity contribution in [1.82, 2.24) is 0 Å². The van der Waals surface area contributed by atoms with E-state index in [9.17, 15) is 0 Å². The minimum atomic E-state index is -0.632. The summed E-state index contributed by atoms with van der Waals surface area (Å²) in [5.74, 6) is 0.146. The maximum atomic E-state index is 6.97. The third kappa shape index (κ3) is 7.73. The second-order valence-corrected chi connectivity index (χ2v) is 27.0. The van der Waals surface area contributed by atoms with Crippen molar-refractivity contribution >= 4 is 94.8 Å². The third-order valence-electron chi connectivity index (χ3n) is 20.5. The van der Waals surface area contributed by atoms with Crippen LogP contribution in [0.15, 0.2) is 321 Å². The predicted molar refractivity (Wildman–Crippen MR) is 383 cm³/mol. The first-order valence-electron chi connectivity index (χ1n) is 32.1. The zero-order valence-corrected chi connectivity index (χ0v) is 51.9. The number of thioether (sulfide) groups is 1. The van der Waals surface area contributed by atoms with Gasteiger partial charge >= 0.3 is 0 Å². The Morgan fingerprint density at radius 2 is 0.935 bits per heavy atom. The fraction of sp³-hybridized carbons (Fsp3) is 0.0805. The Bertz CT molecular complexity index is 5610.